The molecule has 0 saturated heterocycles. The summed E-state index contributed by atoms with van der Waals surface area (Å²) in [7, 11) is 0.133. The van der Waals surface area contributed by atoms with E-state index in [2.05, 4.69) is 0 Å². The highest BCUT2D eigenvalue weighted by molar-refractivity contribution is 14.1. The van der Waals surface area contributed by atoms with Gasteiger partial charge in [0.15, 0.2) is 0 Å². The summed E-state index contributed by atoms with van der Waals surface area (Å²) >= 11 is 1.14. The Bertz CT molecular complexity index is 616. The van der Waals surface area contributed by atoms with Crippen molar-refractivity contribution in [3.63, 3.8) is 0 Å². The molecule has 0 fully saturated rings. The summed E-state index contributed by atoms with van der Waals surface area (Å²) in [5, 5.41) is 10.5. The number of hydrogen-bond acceptors (Lipinski definition) is 4. The molecule has 0 aliphatic heterocycles. The molecule has 0 saturated carbocycles. The summed E-state index contributed by atoms with van der Waals surface area (Å²) in [5.41, 5.74) is -2.30. The second-order valence-corrected chi connectivity index (χ2v) is 6.55. The van der Waals surface area contributed by atoms with Crippen molar-refractivity contribution in [2.75, 3.05) is 0 Å². The molecular weight excluding hydrogens is 413 g/mol. The van der Waals surface area contributed by atoms with Gasteiger partial charge in [0.05, 0.1) is 10.5 Å². The second-order valence-electron chi connectivity index (χ2n) is 2.97. The summed E-state index contributed by atoms with van der Waals surface area (Å²) in [5.74, 6) is 0. The number of halogens is 5. The fraction of sp³-hybridized carbons (Fsp3) is 0.143. The molecule has 0 radical (unpaired) electrons. The first-order valence-electron chi connectivity index (χ1n) is 3.95. The van der Waals surface area contributed by atoms with E-state index in [0.717, 1.165) is 22.6 Å². The Labute approximate surface area is 117 Å². The molecule has 18 heavy (non-hydrogen) atoms. The van der Waals surface area contributed by atoms with Crippen LogP contribution in [0.15, 0.2) is 17.0 Å². The first-order chi connectivity index (χ1) is 7.96. The van der Waals surface area contributed by atoms with Crippen molar-refractivity contribution in [2.45, 2.75) is 11.1 Å². The average Bonchev–Trinajstić information content (AvgIpc) is 2.12. The molecule has 0 amide bonds. The van der Waals surface area contributed by atoms with E-state index in [0.29, 0.717) is 12.1 Å². The van der Waals surface area contributed by atoms with Gasteiger partial charge in [-0.3, -0.25) is 10.1 Å². The Morgan fingerprint density at radius 1 is 1.33 bits per heavy atom. The number of nitrogens with zero attached hydrogens (tertiary/aromatic N) is 1. The zero-order chi connectivity index (χ0) is 14.3. The van der Waals surface area contributed by atoms with E-state index in [-0.39, 0.29) is 0 Å². The number of benzene rings is 1. The zero-order valence-corrected chi connectivity index (χ0v) is 11.8. The highest BCUT2D eigenvalue weighted by Crippen LogP contribution is 2.40. The molecule has 0 aliphatic rings. The Kier molecular flexibility index (Phi) is 4.13. The third-order valence-corrected chi connectivity index (χ3v) is 4.66. The topological polar surface area (TPSA) is 77.3 Å². The molecule has 0 bridgehead atoms. The van der Waals surface area contributed by atoms with Gasteiger partial charge in [0.1, 0.15) is 8.47 Å². The van der Waals surface area contributed by atoms with Crippen molar-refractivity contribution in [2.24, 2.45) is 0 Å². The predicted octanol–water partition coefficient (Wildman–Crippen LogP) is 3.15. The summed E-state index contributed by atoms with van der Waals surface area (Å²) in [6.07, 6.45) is -4.98. The van der Waals surface area contributed by atoms with Crippen LogP contribution in [-0.4, -0.2) is 13.3 Å². The maximum atomic E-state index is 12.6. The Balaban J connectivity index is 3.80. The molecule has 11 heteroatoms. The number of rotatable bonds is 2. The van der Waals surface area contributed by atoms with Crippen LogP contribution in [0.4, 0.5) is 18.9 Å². The van der Waals surface area contributed by atoms with Crippen molar-refractivity contribution in [3.8, 4) is 0 Å². The van der Waals surface area contributed by atoms with Crippen molar-refractivity contribution in [1.82, 2.24) is 0 Å². The Morgan fingerprint density at radius 3 is 2.17 bits per heavy atom. The lowest BCUT2D eigenvalue weighted by Gasteiger charge is -2.12. The minimum atomic E-state index is -4.98. The smallest absolute Gasteiger partial charge is 0.258 e. The van der Waals surface area contributed by atoms with Crippen molar-refractivity contribution < 1.29 is 26.5 Å². The summed E-state index contributed by atoms with van der Waals surface area (Å²) < 4.78 is 59.4. The van der Waals surface area contributed by atoms with Crippen LogP contribution in [0, 0.1) is 13.7 Å². The molecule has 0 heterocycles. The van der Waals surface area contributed by atoms with Crippen molar-refractivity contribution >= 4 is 48.0 Å². The van der Waals surface area contributed by atoms with E-state index in [1.807, 2.05) is 0 Å². The SMILES string of the molecule is O=[N+]([O-])c1ccc(C(F)(F)F)c(S(=O)(=O)Cl)c1I. The van der Waals surface area contributed by atoms with Gasteiger partial charge in [-0.05, 0) is 28.7 Å². The fourth-order valence-electron chi connectivity index (χ4n) is 1.15. The van der Waals surface area contributed by atoms with Crippen molar-refractivity contribution in [1.29, 1.82) is 0 Å². The Hall–Kier alpha value is -0.620. The summed E-state index contributed by atoms with van der Waals surface area (Å²) in [6, 6.07) is 0.895. The first-order valence-corrected chi connectivity index (χ1v) is 7.34. The number of alkyl halides is 3. The lowest BCUT2D eigenvalue weighted by Crippen LogP contribution is -2.13. The van der Waals surface area contributed by atoms with Crippen molar-refractivity contribution in [3.05, 3.63) is 31.4 Å². The van der Waals surface area contributed by atoms with Crippen LogP contribution in [0.25, 0.3) is 0 Å². The van der Waals surface area contributed by atoms with Gasteiger partial charge in [0.2, 0.25) is 0 Å². The molecule has 0 unspecified atom stereocenters. The largest absolute Gasteiger partial charge is 0.417 e. The second kappa shape index (κ2) is 4.81. The standard InChI is InChI=1S/C7H2ClF3INO4S/c8-18(16,17)6-3(7(9,10)11)1-2-4(5(6)12)13(14)15/h1-2H. The lowest BCUT2D eigenvalue weighted by molar-refractivity contribution is -0.386. The van der Waals surface area contributed by atoms with Gasteiger partial charge in [-0.2, -0.15) is 13.2 Å². The normalized spacial score (nSPS) is 12.5. The molecule has 0 N–H and O–H groups in total. The predicted molar refractivity (Wildman–Crippen MR) is 63.9 cm³/mol. The van der Waals surface area contributed by atoms with Gasteiger partial charge in [0.25, 0.3) is 14.7 Å². The molecule has 1 aromatic rings. The maximum Gasteiger partial charge on any atom is 0.417 e. The third kappa shape index (κ3) is 3.03. The summed E-state index contributed by atoms with van der Waals surface area (Å²) in [6.45, 7) is 0. The van der Waals surface area contributed by atoms with Gasteiger partial charge in [-0.1, -0.05) is 0 Å². The maximum absolute atomic E-state index is 12.6. The average molecular weight is 416 g/mol. The zero-order valence-electron chi connectivity index (χ0n) is 8.03. The number of hydrogen-bond donors (Lipinski definition) is 0. The first kappa shape index (κ1) is 15.4. The summed E-state index contributed by atoms with van der Waals surface area (Å²) in [4.78, 5) is 8.25. The van der Waals surface area contributed by atoms with E-state index >= 15 is 0 Å². The van der Waals surface area contributed by atoms with Crippen LogP contribution in [0.5, 0.6) is 0 Å². The minimum absolute atomic E-state index is 0.315. The quantitative estimate of drug-likeness (QED) is 0.322. The molecule has 5 nitrogen and oxygen atoms in total. The van der Waals surface area contributed by atoms with E-state index in [9.17, 15) is 31.7 Å². The molecule has 100 valence electrons. The van der Waals surface area contributed by atoms with Crippen LogP contribution >= 0.6 is 33.3 Å². The van der Waals surface area contributed by atoms with Gasteiger partial charge in [0, 0.05) is 16.7 Å². The molecular formula is C7H2ClF3INO4S. The van der Waals surface area contributed by atoms with Crippen LogP contribution in [0.3, 0.4) is 0 Å². The molecule has 1 rings (SSSR count). The lowest BCUT2D eigenvalue weighted by atomic mass is 10.2. The highest BCUT2D eigenvalue weighted by Gasteiger charge is 2.40. The van der Waals surface area contributed by atoms with Gasteiger partial charge < -0.3 is 0 Å². The fourth-order valence-corrected chi connectivity index (χ4v) is 4.32. The minimum Gasteiger partial charge on any atom is -0.258 e. The Morgan fingerprint density at radius 2 is 1.83 bits per heavy atom. The van der Waals surface area contributed by atoms with E-state index < -0.39 is 39.9 Å². The van der Waals surface area contributed by atoms with E-state index in [4.69, 9.17) is 10.7 Å². The van der Waals surface area contributed by atoms with Gasteiger partial charge >= 0.3 is 6.18 Å². The van der Waals surface area contributed by atoms with Crippen LogP contribution < -0.4 is 0 Å². The van der Waals surface area contributed by atoms with E-state index in [1.54, 1.807) is 0 Å². The van der Waals surface area contributed by atoms with Crippen LogP contribution in [0.2, 0.25) is 0 Å². The third-order valence-electron chi connectivity index (χ3n) is 1.82. The van der Waals surface area contributed by atoms with Gasteiger partial charge in [-0.15, -0.1) is 0 Å². The molecule has 0 aliphatic carbocycles. The monoisotopic (exact) mass is 415 g/mol. The highest BCUT2D eigenvalue weighted by atomic mass is 127. The molecule has 1 aromatic carbocycles. The molecule has 0 aromatic heterocycles. The van der Waals surface area contributed by atoms with Gasteiger partial charge in [-0.25, -0.2) is 8.42 Å². The molecule has 0 spiro atoms. The molecule has 0 atom stereocenters. The number of nitro benzene ring substituents is 1. The van der Waals surface area contributed by atoms with Crippen LogP contribution in [0.1, 0.15) is 5.56 Å². The number of nitro groups is 1. The van der Waals surface area contributed by atoms with E-state index in [1.165, 1.54) is 0 Å². The van der Waals surface area contributed by atoms with Crippen LogP contribution in [-0.2, 0) is 15.2 Å².